The molecule has 2 aromatic heterocycles. The Hall–Kier alpha value is -5.04. The van der Waals surface area contributed by atoms with Gasteiger partial charge >= 0.3 is 11.9 Å². The van der Waals surface area contributed by atoms with Gasteiger partial charge < -0.3 is 30.8 Å². The Balaban J connectivity index is 1.79. The van der Waals surface area contributed by atoms with Crippen LogP contribution in [0.2, 0.25) is 0 Å². The molecule has 6 N–H and O–H groups in total. The van der Waals surface area contributed by atoms with Gasteiger partial charge in [-0.1, -0.05) is 13.8 Å². The van der Waals surface area contributed by atoms with E-state index in [1.807, 2.05) is 53.7 Å². The van der Waals surface area contributed by atoms with Gasteiger partial charge in [0.05, 0.1) is 11.4 Å². The van der Waals surface area contributed by atoms with Crippen LogP contribution in [0.3, 0.4) is 0 Å². The molecule has 0 atom stereocenters. The number of H-pyrrole nitrogens is 2. The van der Waals surface area contributed by atoms with Crippen molar-refractivity contribution in [3.63, 3.8) is 0 Å². The van der Waals surface area contributed by atoms with E-state index in [0.29, 0.717) is 61.1 Å². The number of rotatable bonds is 12. The van der Waals surface area contributed by atoms with Crippen molar-refractivity contribution >= 4 is 35.9 Å². The van der Waals surface area contributed by atoms with Gasteiger partial charge in [0.15, 0.2) is 0 Å². The molecule has 10 nitrogen and oxygen atoms in total. The second-order valence-electron chi connectivity index (χ2n) is 11.7. The van der Waals surface area contributed by atoms with Gasteiger partial charge in [0.1, 0.15) is 0 Å². The van der Waals surface area contributed by atoms with Crippen molar-refractivity contribution in [3.05, 3.63) is 78.7 Å². The van der Waals surface area contributed by atoms with Crippen molar-refractivity contribution in [3.8, 4) is 11.8 Å². The second kappa shape index (κ2) is 14.4. The number of carboxylic acid groups (broad SMARTS) is 2. The first-order valence-electron chi connectivity index (χ1n) is 15.7. The van der Waals surface area contributed by atoms with Gasteiger partial charge in [-0.3, -0.25) is 19.2 Å². The van der Waals surface area contributed by atoms with Crippen LogP contribution in [0.1, 0.15) is 111 Å². The lowest BCUT2D eigenvalue weighted by Crippen LogP contribution is -2.15. The SMILES string of the molecule is CCC1=C(C)C(=O)N/C1=C\c1[nH]c(C#Cc2[nH]c(/C=C3\NC(=O)C(C)=C3CC)c(C)c2CCCC(=O)O)c(CCCC(=O)O)c1C. The summed E-state index contributed by atoms with van der Waals surface area (Å²) in [6.45, 7) is 11.5. The Morgan fingerprint density at radius 1 is 0.674 bits per heavy atom. The Morgan fingerprint density at radius 2 is 1.04 bits per heavy atom. The van der Waals surface area contributed by atoms with Gasteiger partial charge in [0.2, 0.25) is 0 Å². The molecule has 0 spiro atoms. The Kier molecular flexibility index (Phi) is 10.6. The molecule has 0 fully saturated rings. The molecule has 4 rings (SSSR count). The highest BCUT2D eigenvalue weighted by atomic mass is 16.4. The summed E-state index contributed by atoms with van der Waals surface area (Å²) in [6.07, 6.45) is 7.14. The van der Waals surface area contributed by atoms with Crippen molar-refractivity contribution in [1.29, 1.82) is 0 Å². The zero-order chi connectivity index (χ0) is 33.7. The van der Waals surface area contributed by atoms with E-state index in [0.717, 1.165) is 56.2 Å². The normalized spacial score (nSPS) is 16.4. The highest BCUT2D eigenvalue weighted by molar-refractivity contribution is 6.01. The van der Waals surface area contributed by atoms with Gasteiger partial charge in [-0.2, -0.15) is 0 Å². The summed E-state index contributed by atoms with van der Waals surface area (Å²) in [4.78, 5) is 54.1. The highest BCUT2D eigenvalue weighted by Crippen LogP contribution is 2.30. The fourth-order valence-electron chi connectivity index (χ4n) is 6.10. The van der Waals surface area contributed by atoms with Crippen LogP contribution >= 0.6 is 0 Å². The third kappa shape index (κ3) is 7.26. The number of nitrogens with one attached hydrogen (secondary N) is 4. The first-order valence-corrected chi connectivity index (χ1v) is 15.7. The number of allylic oxidation sites excluding steroid dienone is 2. The summed E-state index contributed by atoms with van der Waals surface area (Å²) in [5.41, 5.74) is 11.3. The molecule has 10 heteroatoms. The smallest absolute Gasteiger partial charge is 0.303 e. The number of aromatic amines is 2. The number of amides is 2. The molecule has 2 amide bonds. The minimum Gasteiger partial charge on any atom is -0.481 e. The second-order valence-corrected chi connectivity index (χ2v) is 11.7. The zero-order valence-corrected chi connectivity index (χ0v) is 27.3. The standard InChI is InChI=1S/C36H42N4O6/c1-7-23-21(5)35(45)39-31(23)17-29-19(3)25(11-9-13-33(41)42)27(37-29)15-16-28-26(12-10-14-34(43)44)20(4)30(38-28)18-32-24(8-2)22(6)36(46)40-32/h17-18,37-38H,7-14H2,1-6H3,(H,39,45)(H,40,46)(H,41,42)(H,43,44)/b31-17-,32-18-. The quantitative estimate of drug-likeness (QED) is 0.169. The van der Waals surface area contributed by atoms with Gasteiger partial charge in [-0.05, 0) is 124 Å². The van der Waals surface area contributed by atoms with Gasteiger partial charge in [0.25, 0.3) is 11.8 Å². The zero-order valence-electron chi connectivity index (χ0n) is 27.3. The molecule has 0 aromatic carbocycles. The van der Waals surface area contributed by atoms with Crippen molar-refractivity contribution in [1.82, 2.24) is 20.6 Å². The number of carbonyl (C=O) groups is 4. The van der Waals surface area contributed by atoms with E-state index < -0.39 is 11.9 Å². The maximum absolute atomic E-state index is 12.4. The minimum absolute atomic E-state index is 0.0255. The molecule has 0 radical (unpaired) electrons. The van der Waals surface area contributed by atoms with Gasteiger partial charge in [-0.25, -0.2) is 0 Å². The lowest BCUT2D eigenvalue weighted by molar-refractivity contribution is -0.138. The van der Waals surface area contributed by atoms with E-state index in [-0.39, 0.29) is 24.7 Å². The molecule has 4 heterocycles. The average molecular weight is 627 g/mol. The number of aliphatic carboxylic acids is 2. The van der Waals surface area contributed by atoms with E-state index in [1.165, 1.54) is 0 Å². The van der Waals surface area contributed by atoms with Crippen LogP contribution in [-0.4, -0.2) is 43.9 Å². The molecule has 0 saturated carbocycles. The minimum atomic E-state index is -0.866. The summed E-state index contributed by atoms with van der Waals surface area (Å²) < 4.78 is 0. The molecule has 0 unspecified atom stereocenters. The van der Waals surface area contributed by atoms with Crippen LogP contribution in [0.5, 0.6) is 0 Å². The monoisotopic (exact) mass is 626 g/mol. The van der Waals surface area contributed by atoms with E-state index in [9.17, 15) is 29.4 Å². The summed E-state index contributed by atoms with van der Waals surface area (Å²) in [5, 5.41) is 24.4. The van der Waals surface area contributed by atoms with E-state index in [1.54, 1.807) is 0 Å². The summed E-state index contributed by atoms with van der Waals surface area (Å²) in [5.74, 6) is 4.58. The molecular formula is C36H42N4O6. The lowest BCUT2D eigenvalue weighted by atomic mass is 10.0. The number of aromatic nitrogens is 2. The molecule has 0 saturated heterocycles. The van der Waals surface area contributed by atoms with Crippen LogP contribution in [0.4, 0.5) is 0 Å². The number of carbonyl (C=O) groups excluding carboxylic acids is 2. The number of hydrogen-bond donors (Lipinski definition) is 6. The first kappa shape index (κ1) is 33.8. The van der Waals surface area contributed by atoms with Gasteiger partial charge in [0, 0.05) is 46.8 Å². The van der Waals surface area contributed by atoms with Gasteiger partial charge in [-0.15, -0.1) is 0 Å². The van der Waals surface area contributed by atoms with Crippen molar-refractivity contribution in [2.45, 2.75) is 92.9 Å². The van der Waals surface area contributed by atoms with Crippen LogP contribution < -0.4 is 10.6 Å². The summed E-state index contributed by atoms with van der Waals surface area (Å²) in [6, 6.07) is 0. The third-order valence-corrected chi connectivity index (χ3v) is 8.80. The number of hydrogen-bond acceptors (Lipinski definition) is 4. The maximum atomic E-state index is 12.4. The van der Waals surface area contributed by atoms with Crippen molar-refractivity contribution in [2.75, 3.05) is 0 Å². The van der Waals surface area contributed by atoms with E-state index in [4.69, 9.17) is 0 Å². The maximum Gasteiger partial charge on any atom is 0.303 e. The fraction of sp³-hybridized carbons (Fsp3) is 0.389. The first-order chi connectivity index (χ1) is 21.9. The molecule has 0 aliphatic carbocycles. The third-order valence-electron chi connectivity index (χ3n) is 8.80. The predicted molar refractivity (Wildman–Crippen MR) is 176 cm³/mol. The Morgan fingerprint density at radius 3 is 1.37 bits per heavy atom. The van der Waals surface area contributed by atoms with Crippen LogP contribution in [0.15, 0.2) is 33.7 Å². The molecular weight excluding hydrogens is 584 g/mol. The van der Waals surface area contributed by atoms with E-state index >= 15 is 0 Å². The predicted octanol–water partition coefficient (Wildman–Crippen LogP) is 5.57. The van der Waals surface area contributed by atoms with Crippen LogP contribution in [0.25, 0.3) is 12.2 Å². The topological polar surface area (TPSA) is 164 Å². The molecule has 46 heavy (non-hydrogen) atoms. The Labute approximate surface area is 269 Å². The van der Waals surface area contributed by atoms with Crippen LogP contribution in [0, 0.1) is 25.7 Å². The Bertz CT molecular complexity index is 1670. The fourth-order valence-corrected chi connectivity index (χ4v) is 6.10. The van der Waals surface area contributed by atoms with Crippen molar-refractivity contribution < 1.29 is 29.4 Å². The summed E-state index contributed by atoms with van der Waals surface area (Å²) in [7, 11) is 0. The van der Waals surface area contributed by atoms with Crippen LogP contribution in [-0.2, 0) is 32.0 Å². The molecule has 2 aromatic rings. The molecule has 242 valence electrons. The largest absolute Gasteiger partial charge is 0.481 e. The number of carboxylic acids is 2. The molecule has 2 aliphatic rings. The van der Waals surface area contributed by atoms with Crippen molar-refractivity contribution in [2.24, 2.45) is 0 Å². The van der Waals surface area contributed by atoms with E-state index in [2.05, 4.69) is 32.4 Å². The summed E-state index contributed by atoms with van der Waals surface area (Å²) >= 11 is 0. The average Bonchev–Trinajstić information content (AvgIpc) is 3.65. The lowest BCUT2D eigenvalue weighted by Gasteiger charge is -2.04. The highest BCUT2D eigenvalue weighted by Gasteiger charge is 2.25. The molecule has 2 aliphatic heterocycles. The molecule has 0 bridgehead atoms.